The molecule has 2 N–H and O–H groups in total. The minimum Gasteiger partial charge on any atom is -0.480 e. The number of aliphatic hydroxyl groups excluding tert-OH is 1. The fourth-order valence-electron chi connectivity index (χ4n) is 2.61. The van der Waals surface area contributed by atoms with E-state index in [0.29, 0.717) is 12.8 Å². The van der Waals surface area contributed by atoms with E-state index in [-0.39, 0.29) is 18.1 Å². The second kappa shape index (κ2) is 6.06. The molecule has 4 nitrogen and oxygen atoms in total. The number of aryl methyl sites for hydroxylation is 2. The van der Waals surface area contributed by atoms with Gasteiger partial charge >= 0.3 is 0 Å². The van der Waals surface area contributed by atoms with Crippen molar-refractivity contribution in [3.63, 3.8) is 0 Å². The van der Waals surface area contributed by atoms with Gasteiger partial charge in [-0.05, 0) is 56.4 Å². The van der Waals surface area contributed by atoms with Crippen LogP contribution in [-0.2, 0) is 11.2 Å². The van der Waals surface area contributed by atoms with Gasteiger partial charge in [-0.25, -0.2) is 0 Å². The van der Waals surface area contributed by atoms with Crippen molar-refractivity contribution in [2.75, 3.05) is 6.61 Å². The summed E-state index contributed by atoms with van der Waals surface area (Å²) in [5.74, 6) is 0.720. The van der Waals surface area contributed by atoms with Crippen LogP contribution < -0.4 is 10.1 Å². The average Bonchev–Trinajstić information content (AvgIpc) is 2.82. The topological polar surface area (TPSA) is 58.6 Å². The Morgan fingerprint density at radius 2 is 2.10 bits per heavy atom. The van der Waals surface area contributed by atoms with Gasteiger partial charge in [-0.3, -0.25) is 4.79 Å². The van der Waals surface area contributed by atoms with Crippen LogP contribution in [0, 0.1) is 13.8 Å². The van der Waals surface area contributed by atoms with Crippen LogP contribution in [0.1, 0.15) is 43.4 Å². The Morgan fingerprint density at radius 3 is 2.71 bits per heavy atom. The molecule has 0 aliphatic carbocycles. The number of benzene rings is 1. The van der Waals surface area contributed by atoms with E-state index in [4.69, 9.17) is 9.84 Å². The largest absolute Gasteiger partial charge is 0.480 e. The highest BCUT2D eigenvalue weighted by Crippen LogP contribution is 2.31. The molecule has 2 atom stereocenters. The molecule has 1 heterocycles. The predicted octanol–water partition coefficient (Wildman–Crippen LogP) is 2.27. The monoisotopic (exact) mass is 291 g/mol. The number of ether oxygens (including phenoxy) is 1. The molecule has 0 aromatic heterocycles. The van der Waals surface area contributed by atoms with Crippen LogP contribution in [-0.4, -0.2) is 29.3 Å². The van der Waals surface area contributed by atoms with Crippen molar-refractivity contribution in [1.29, 1.82) is 0 Å². The van der Waals surface area contributed by atoms with Gasteiger partial charge in [0.1, 0.15) is 5.75 Å². The summed E-state index contributed by atoms with van der Waals surface area (Å²) in [6.07, 6.45) is 1.47. The molecule has 116 valence electrons. The van der Waals surface area contributed by atoms with Crippen LogP contribution >= 0.6 is 0 Å². The van der Waals surface area contributed by atoms with Crippen molar-refractivity contribution in [1.82, 2.24) is 5.32 Å². The molecule has 1 amide bonds. The summed E-state index contributed by atoms with van der Waals surface area (Å²) in [4.78, 5) is 12.4. The first-order valence-corrected chi connectivity index (χ1v) is 7.58. The first-order chi connectivity index (χ1) is 9.88. The second-order valence-corrected chi connectivity index (χ2v) is 6.23. The third-order valence-electron chi connectivity index (χ3n) is 4.51. The Morgan fingerprint density at radius 1 is 1.43 bits per heavy atom. The predicted molar refractivity (Wildman–Crippen MR) is 82.6 cm³/mol. The van der Waals surface area contributed by atoms with Gasteiger partial charge in [0.25, 0.3) is 5.91 Å². The van der Waals surface area contributed by atoms with Gasteiger partial charge in [-0.2, -0.15) is 0 Å². The van der Waals surface area contributed by atoms with Gasteiger partial charge < -0.3 is 15.2 Å². The molecule has 21 heavy (non-hydrogen) atoms. The highest BCUT2D eigenvalue weighted by molar-refractivity contribution is 5.83. The number of aliphatic hydroxyl groups is 1. The van der Waals surface area contributed by atoms with E-state index in [1.165, 1.54) is 11.1 Å². The number of carbonyl (C=O) groups is 1. The van der Waals surface area contributed by atoms with Crippen LogP contribution in [0.15, 0.2) is 12.1 Å². The van der Waals surface area contributed by atoms with Crippen LogP contribution in [0.25, 0.3) is 0 Å². The summed E-state index contributed by atoms with van der Waals surface area (Å²) in [5.41, 5.74) is 3.11. The molecule has 4 heteroatoms. The molecule has 0 spiro atoms. The zero-order valence-corrected chi connectivity index (χ0v) is 13.3. The van der Waals surface area contributed by atoms with E-state index in [9.17, 15) is 4.79 Å². The lowest BCUT2D eigenvalue weighted by molar-refractivity contribution is -0.129. The maximum atomic E-state index is 12.4. The van der Waals surface area contributed by atoms with Gasteiger partial charge in [-0.1, -0.05) is 13.0 Å². The van der Waals surface area contributed by atoms with E-state index >= 15 is 0 Å². The normalized spacial score (nSPS) is 19.6. The molecule has 0 bridgehead atoms. The van der Waals surface area contributed by atoms with Crippen molar-refractivity contribution >= 4 is 5.91 Å². The molecule has 1 aromatic carbocycles. The van der Waals surface area contributed by atoms with Crippen LogP contribution in [0.3, 0.4) is 0 Å². The first kappa shape index (κ1) is 15.8. The number of amides is 1. The molecule has 0 fully saturated rings. The van der Waals surface area contributed by atoms with Gasteiger partial charge in [0, 0.05) is 18.6 Å². The lowest BCUT2D eigenvalue weighted by Gasteiger charge is -2.30. The average molecular weight is 291 g/mol. The van der Waals surface area contributed by atoms with Gasteiger partial charge in [0.05, 0.1) is 0 Å². The maximum absolute atomic E-state index is 12.4. The van der Waals surface area contributed by atoms with Crippen molar-refractivity contribution < 1.29 is 14.6 Å². The maximum Gasteiger partial charge on any atom is 0.261 e. The van der Waals surface area contributed by atoms with E-state index in [0.717, 1.165) is 17.7 Å². The summed E-state index contributed by atoms with van der Waals surface area (Å²) >= 11 is 0. The highest BCUT2D eigenvalue weighted by atomic mass is 16.5. The van der Waals surface area contributed by atoms with Crippen LogP contribution in [0.2, 0.25) is 0 Å². The quantitative estimate of drug-likeness (QED) is 0.875. The molecule has 1 aliphatic rings. The number of hydrogen-bond donors (Lipinski definition) is 2. The van der Waals surface area contributed by atoms with Crippen molar-refractivity contribution in [2.45, 2.75) is 58.6 Å². The van der Waals surface area contributed by atoms with Gasteiger partial charge in [0.15, 0.2) is 6.10 Å². The standard InChI is InChI=1S/C17H25NO3/c1-5-17(4,6-7-19)18-16(20)15-10-13-8-11(2)12(3)9-14(13)21-15/h8-9,15,19H,5-7,10H2,1-4H3,(H,18,20). The summed E-state index contributed by atoms with van der Waals surface area (Å²) in [5, 5.41) is 12.2. The summed E-state index contributed by atoms with van der Waals surface area (Å²) in [6.45, 7) is 8.14. The Balaban J connectivity index is 2.07. The molecule has 0 saturated carbocycles. The Labute approximate surface area is 126 Å². The van der Waals surface area contributed by atoms with Crippen LogP contribution in [0.5, 0.6) is 5.75 Å². The summed E-state index contributed by atoms with van der Waals surface area (Å²) in [7, 11) is 0. The minimum atomic E-state index is -0.467. The summed E-state index contributed by atoms with van der Waals surface area (Å²) in [6, 6.07) is 4.11. The Kier molecular flexibility index (Phi) is 4.57. The number of nitrogens with one attached hydrogen (secondary N) is 1. The lowest BCUT2D eigenvalue weighted by atomic mass is 9.94. The SMILES string of the molecule is CCC(C)(CCO)NC(=O)C1Cc2cc(C)c(C)cc2O1. The second-order valence-electron chi connectivity index (χ2n) is 6.23. The van der Waals surface area contributed by atoms with Gasteiger partial charge in [0.2, 0.25) is 0 Å². The molecular formula is C17H25NO3. The molecule has 0 saturated heterocycles. The van der Waals surface area contributed by atoms with Crippen molar-refractivity contribution in [2.24, 2.45) is 0 Å². The lowest BCUT2D eigenvalue weighted by Crippen LogP contribution is -2.51. The highest BCUT2D eigenvalue weighted by Gasteiger charge is 2.33. The van der Waals surface area contributed by atoms with E-state index in [1.807, 2.05) is 26.8 Å². The minimum absolute atomic E-state index is 0.0642. The fraction of sp³-hybridized carbons (Fsp3) is 0.588. The number of carbonyl (C=O) groups excluding carboxylic acids is 1. The molecule has 1 aromatic rings. The zero-order chi connectivity index (χ0) is 15.6. The molecule has 0 radical (unpaired) electrons. The third kappa shape index (κ3) is 3.38. The first-order valence-electron chi connectivity index (χ1n) is 7.58. The molecule has 2 unspecified atom stereocenters. The fourth-order valence-corrected chi connectivity index (χ4v) is 2.61. The van der Waals surface area contributed by atoms with Gasteiger partial charge in [-0.15, -0.1) is 0 Å². The summed E-state index contributed by atoms with van der Waals surface area (Å²) < 4.78 is 5.80. The van der Waals surface area contributed by atoms with Crippen LogP contribution in [0.4, 0.5) is 0 Å². The van der Waals surface area contributed by atoms with Crippen molar-refractivity contribution in [3.05, 3.63) is 28.8 Å². The number of fused-ring (bicyclic) bond motifs is 1. The molecular weight excluding hydrogens is 266 g/mol. The van der Waals surface area contributed by atoms with Crippen molar-refractivity contribution in [3.8, 4) is 5.75 Å². The number of rotatable bonds is 5. The third-order valence-corrected chi connectivity index (χ3v) is 4.51. The smallest absolute Gasteiger partial charge is 0.261 e. The van der Waals surface area contributed by atoms with E-state index in [1.54, 1.807) is 0 Å². The Hall–Kier alpha value is -1.55. The molecule has 2 rings (SSSR count). The number of hydrogen-bond acceptors (Lipinski definition) is 3. The zero-order valence-electron chi connectivity index (χ0n) is 13.3. The Bertz CT molecular complexity index is 510. The van der Waals surface area contributed by atoms with E-state index in [2.05, 4.69) is 18.3 Å². The van der Waals surface area contributed by atoms with E-state index < -0.39 is 6.10 Å². The molecule has 1 aliphatic heterocycles.